The molecular formula is C14H10N2S. The average Bonchev–Trinajstić information content (AvgIpc) is 2.77. The fraction of sp³-hybridized carbons (Fsp3) is 0.0714. The van der Waals surface area contributed by atoms with Gasteiger partial charge in [-0.25, -0.2) is 0 Å². The molecule has 0 spiro atoms. The molecule has 17 heavy (non-hydrogen) atoms. The fourth-order valence-electron chi connectivity index (χ4n) is 2.49. The summed E-state index contributed by atoms with van der Waals surface area (Å²) in [5.74, 6) is 0. The van der Waals surface area contributed by atoms with E-state index >= 15 is 0 Å². The molecule has 2 nitrogen and oxygen atoms in total. The second kappa shape index (κ2) is 3.37. The van der Waals surface area contributed by atoms with Gasteiger partial charge >= 0.3 is 0 Å². The van der Waals surface area contributed by atoms with Crippen LogP contribution in [0.25, 0.3) is 5.57 Å². The van der Waals surface area contributed by atoms with Crippen LogP contribution in [0.3, 0.4) is 0 Å². The molecule has 0 saturated heterocycles. The predicted molar refractivity (Wildman–Crippen MR) is 74.1 cm³/mol. The Morgan fingerprint density at radius 3 is 3.18 bits per heavy atom. The van der Waals surface area contributed by atoms with E-state index < -0.39 is 0 Å². The van der Waals surface area contributed by atoms with Crippen molar-refractivity contribution in [3.05, 3.63) is 58.5 Å². The van der Waals surface area contributed by atoms with Crippen LogP contribution >= 0.6 is 11.8 Å². The molecule has 1 aromatic rings. The molecule has 4 rings (SSSR count). The van der Waals surface area contributed by atoms with Crippen LogP contribution in [0, 0.1) is 0 Å². The molecule has 1 aliphatic carbocycles. The molecule has 2 aliphatic heterocycles. The van der Waals surface area contributed by atoms with Gasteiger partial charge in [0.05, 0.1) is 11.8 Å². The minimum absolute atomic E-state index is 0.306. The summed E-state index contributed by atoms with van der Waals surface area (Å²) in [6, 6.07) is 8.78. The van der Waals surface area contributed by atoms with Gasteiger partial charge in [-0.2, -0.15) is 0 Å². The SMILES string of the molecule is C1=CSC2=C3c4ccccc4NC3C=CC2=N1. The van der Waals surface area contributed by atoms with Gasteiger partial charge in [0.2, 0.25) is 0 Å². The van der Waals surface area contributed by atoms with Crippen molar-refractivity contribution >= 4 is 28.7 Å². The van der Waals surface area contributed by atoms with Gasteiger partial charge in [0.25, 0.3) is 0 Å². The number of thioether (sulfide) groups is 1. The molecule has 1 unspecified atom stereocenters. The minimum Gasteiger partial charge on any atom is -0.374 e. The van der Waals surface area contributed by atoms with E-state index in [9.17, 15) is 0 Å². The van der Waals surface area contributed by atoms with Gasteiger partial charge in [-0.15, -0.1) is 0 Å². The van der Waals surface area contributed by atoms with Gasteiger partial charge in [-0.05, 0) is 17.6 Å². The number of para-hydroxylation sites is 1. The first-order valence-electron chi connectivity index (χ1n) is 5.62. The second-order valence-electron chi connectivity index (χ2n) is 4.19. The quantitative estimate of drug-likeness (QED) is 0.749. The summed E-state index contributed by atoms with van der Waals surface area (Å²) in [5, 5.41) is 5.58. The third-order valence-corrected chi connectivity index (χ3v) is 4.15. The van der Waals surface area contributed by atoms with Crippen LogP contribution in [0.1, 0.15) is 5.56 Å². The van der Waals surface area contributed by atoms with Crippen LogP contribution in [-0.2, 0) is 0 Å². The molecule has 0 fully saturated rings. The zero-order chi connectivity index (χ0) is 11.2. The van der Waals surface area contributed by atoms with Crippen molar-refractivity contribution in [1.82, 2.24) is 0 Å². The number of nitrogens with zero attached hydrogens (tertiary/aromatic N) is 1. The zero-order valence-corrected chi connectivity index (χ0v) is 9.87. The fourth-order valence-corrected chi connectivity index (χ4v) is 3.36. The highest BCUT2D eigenvalue weighted by Crippen LogP contribution is 2.44. The van der Waals surface area contributed by atoms with Crippen molar-refractivity contribution in [2.45, 2.75) is 6.04 Å². The molecule has 0 saturated carbocycles. The Bertz CT molecular complexity index is 623. The lowest BCUT2D eigenvalue weighted by Gasteiger charge is -2.20. The molecule has 1 aromatic carbocycles. The number of hydrogen-bond donors (Lipinski definition) is 1. The van der Waals surface area contributed by atoms with Gasteiger partial charge in [0.1, 0.15) is 0 Å². The Hall–Kier alpha value is -1.74. The molecule has 2 heterocycles. The first-order chi connectivity index (χ1) is 8.43. The van der Waals surface area contributed by atoms with E-state index in [2.05, 4.69) is 46.7 Å². The van der Waals surface area contributed by atoms with Crippen LogP contribution in [-0.4, -0.2) is 11.8 Å². The third kappa shape index (κ3) is 1.26. The van der Waals surface area contributed by atoms with Gasteiger partial charge in [-0.3, -0.25) is 4.99 Å². The van der Waals surface area contributed by atoms with Crippen LogP contribution in [0.5, 0.6) is 0 Å². The van der Waals surface area contributed by atoms with Crippen molar-refractivity contribution in [2.75, 3.05) is 5.32 Å². The van der Waals surface area contributed by atoms with Crippen molar-refractivity contribution in [2.24, 2.45) is 4.99 Å². The molecule has 0 amide bonds. The summed E-state index contributed by atoms with van der Waals surface area (Å²) in [4.78, 5) is 5.72. The van der Waals surface area contributed by atoms with Crippen molar-refractivity contribution < 1.29 is 0 Å². The van der Waals surface area contributed by atoms with E-state index in [0.717, 1.165) is 5.71 Å². The molecular weight excluding hydrogens is 228 g/mol. The highest BCUT2D eigenvalue weighted by atomic mass is 32.2. The monoisotopic (exact) mass is 238 g/mol. The summed E-state index contributed by atoms with van der Waals surface area (Å²) in [7, 11) is 0. The van der Waals surface area contributed by atoms with E-state index in [0.29, 0.717) is 6.04 Å². The topological polar surface area (TPSA) is 24.4 Å². The zero-order valence-electron chi connectivity index (χ0n) is 9.05. The predicted octanol–water partition coefficient (Wildman–Crippen LogP) is 3.42. The minimum atomic E-state index is 0.306. The van der Waals surface area contributed by atoms with Gasteiger partial charge in [0, 0.05) is 27.9 Å². The second-order valence-corrected chi connectivity index (χ2v) is 5.10. The van der Waals surface area contributed by atoms with Gasteiger partial charge in [0.15, 0.2) is 0 Å². The number of hydrogen-bond acceptors (Lipinski definition) is 3. The highest BCUT2D eigenvalue weighted by molar-refractivity contribution is 8.07. The first kappa shape index (κ1) is 9.31. The number of nitrogens with one attached hydrogen (secondary N) is 1. The van der Waals surface area contributed by atoms with Crippen LogP contribution in [0.2, 0.25) is 0 Å². The standard InChI is InChI=1S/C14H10N2S/c1-2-4-10-9(3-1)13-11(16-10)5-6-12-14(13)17-8-7-15-12/h1-8,11,16H. The molecule has 82 valence electrons. The summed E-state index contributed by atoms with van der Waals surface area (Å²) in [6.45, 7) is 0. The van der Waals surface area contributed by atoms with Crippen molar-refractivity contribution in [1.29, 1.82) is 0 Å². The lowest BCUT2D eigenvalue weighted by atomic mass is 9.96. The van der Waals surface area contributed by atoms with E-state index in [1.165, 1.54) is 21.7 Å². The molecule has 0 aromatic heterocycles. The van der Waals surface area contributed by atoms with E-state index in [1.807, 2.05) is 11.6 Å². The van der Waals surface area contributed by atoms with E-state index in [4.69, 9.17) is 0 Å². The smallest absolute Gasteiger partial charge is 0.0770 e. The van der Waals surface area contributed by atoms with Crippen LogP contribution in [0.15, 0.2) is 57.9 Å². The van der Waals surface area contributed by atoms with E-state index in [1.54, 1.807) is 11.8 Å². The van der Waals surface area contributed by atoms with Gasteiger partial charge in [-0.1, -0.05) is 36.0 Å². The van der Waals surface area contributed by atoms with E-state index in [-0.39, 0.29) is 0 Å². The average molecular weight is 238 g/mol. The molecule has 1 N–H and O–H groups in total. The summed E-state index contributed by atoms with van der Waals surface area (Å²) >= 11 is 1.76. The number of allylic oxidation sites excluding steroid dienone is 2. The number of rotatable bonds is 0. The van der Waals surface area contributed by atoms with Crippen molar-refractivity contribution in [3.8, 4) is 0 Å². The molecule has 0 radical (unpaired) electrons. The number of anilines is 1. The third-order valence-electron chi connectivity index (χ3n) is 3.22. The Balaban J connectivity index is 1.98. The van der Waals surface area contributed by atoms with Crippen LogP contribution < -0.4 is 5.32 Å². The maximum atomic E-state index is 4.43. The van der Waals surface area contributed by atoms with Gasteiger partial charge < -0.3 is 5.32 Å². The maximum Gasteiger partial charge on any atom is 0.0770 e. The highest BCUT2D eigenvalue weighted by Gasteiger charge is 2.31. The lowest BCUT2D eigenvalue weighted by Crippen LogP contribution is -2.18. The summed E-state index contributed by atoms with van der Waals surface area (Å²) in [6.07, 6.45) is 6.17. The summed E-state index contributed by atoms with van der Waals surface area (Å²) < 4.78 is 0. The number of benzene rings is 1. The maximum absolute atomic E-state index is 4.43. The van der Waals surface area contributed by atoms with Crippen LogP contribution in [0.4, 0.5) is 5.69 Å². The lowest BCUT2D eigenvalue weighted by molar-refractivity contribution is 1.17. The number of aliphatic imine (C=N–C) groups is 1. The molecule has 0 bridgehead atoms. The normalized spacial score (nSPS) is 23.8. The Kier molecular flexibility index (Phi) is 1.85. The largest absolute Gasteiger partial charge is 0.374 e. The Labute approximate surface area is 104 Å². The molecule has 1 atom stereocenters. The summed E-state index contributed by atoms with van der Waals surface area (Å²) in [5.41, 5.74) is 4.99. The van der Waals surface area contributed by atoms with Crippen molar-refractivity contribution in [3.63, 3.8) is 0 Å². The molecule has 3 aliphatic rings. The number of fused-ring (bicyclic) bond motifs is 4. The molecule has 3 heteroatoms. The Morgan fingerprint density at radius 1 is 1.24 bits per heavy atom. The Morgan fingerprint density at radius 2 is 2.18 bits per heavy atom. The first-order valence-corrected chi connectivity index (χ1v) is 6.49.